The van der Waals surface area contributed by atoms with Gasteiger partial charge in [0.1, 0.15) is 0 Å². The average Bonchev–Trinajstić information content (AvgIpc) is 2.18. The van der Waals surface area contributed by atoms with Gasteiger partial charge in [-0.05, 0) is 11.6 Å². The molecule has 0 saturated heterocycles. The van der Waals surface area contributed by atoms with E-state index in [0.717, 1.165) is 5.56 Å². The molecule has 0 aromatic heterocycles. The Labute approximate surface area is 88.4 Å². The number of benzene rings is 1. The smallest absolute Gasteiger partial charge is 0.0795 e. The number of hydrogen-bond donors (Lipinski definition) is 2. The van der Waals surface area contributed by atoms with Gasteiger partial charge in [-0.15, -0.1) is 0 Å². The van der Waals surface area contributed by atoms with Gasteiger partial charge in [0.25, 0.3) is 0 Å². The minimum atomic E-state index is -0.549. The molecule has 0 aliphatic carbocycles. The van der Waals surface area contributed by atoms with Crippen LogP contribution in [0.15, 0.2) is 24.3 Å². The van der Waals surface area contributed by atoms with Gasteiger partial charge in [-0.25, -0.2) is 5.90 Å². The number of aliphatic hydroxyl groups excluding tert-OH is 1. The monoisotopic (exact) mass is 215 g/mol. The van der Waals surface area contributed by atoms with Crippen LogP contribution >= 0.6 is 11.6 Å². The third-order valence-electron chi connectivity index (χ3n) is 2.27. The van der Waals surface area contributed by atoms with Gasteiger partial charge in [0.2, 0.25) is 0 Å². The lowest BCUT2D eigenvalue weighted by Gasteiger charge is -2.27. The predicted molar refractivity (Wildman–Crippen MR) is 56.0 cm³/mol. The van der Waals surface area contributed by atoms with E-state index in [1.807, 2.05) is 25.1 Å². The van der Waals surface area contributed by atoms with Crippen LogP contribution in [-0.2, 0) is 10.3 Å². The standard InChI is InChI=1S/C10H14ClNO2/c1-10(6-13,7-14-12)8-4-2-3-5-9(8)11/h2-5,13H,6-7,12H2,1H3. The van der Waals surface area contributed by atoms with Crippen molar-refractivity contribution in [3.63, 3.8) is 0 Å². The molecule has 0 spiro atoms. The van der Waals surface area contributed by atoms with E-state index in [1.165, 1.54) is 0 Å². The predicted octanol–water partition coefficient (Wildman–Crippen LogP) is 1.48. The second-order valence-corrected chi connectivity index (χ2v) is 3.92. The summed E-state index contributed by atoms with van der Waals surface area (Å²) in [5.74, 6) is 5.02. The Morgan fingerprint density at radius 1 is 1.50 bits per heavy atom. The maximum atomic E-state index is 9.30. The normalized spacial score (nSPS) is 15.1. The average molecular weight is 216 g/mol. The fourth-order valence-electron chi connectivity index (χ4n) is 1.34. The van der Waals surface area contributed by atoms with Gasteiger partial charge in [-0.1, -0.05) is 36.7 Å². The molecule has 14 heavy (non-hydrogen) atoms. The van der Waals surface area contributed by atoms with Crippen molar-refractivity contribution < 1.29 is 9.94 Å². The van der Waals surface area contributed by atoms with Crippen molar-refractivity contribution in [2.45, 2.75) is 12.3 Å². The van der Waals surface area contributed by atoms with Crippen molar-refractivity contribution in [2.24, 2.45) is 5.90 Å². The van der Waals surface area contributed by atoms with Crippen molar-refractivity contribution in [3.05, 3.63) is 34.9 Å². The number of rotatable bonds is 4. The maximum absolute atomic E-state index is 9.30. The summed E-state index contributed by atoms with van der Waals surface area (Å²) in [6.07, 6.45) is 0. The lowest BCUT2D eigenvalue weighted by Crippen LogP contribution is -2.34. The molecular formula is C10H14ClNO2. The first-order chi connectivity index (χ1) is 6.64. The van der Waals surface area contributed by atoms with Gasteiger partial charge in [0.15, 0.2) is 0 Å². The van der Waals surface area contributed by atoms with Crippen LogP contribution in [0.3, 0.4) is 0 Å². The summed E-state index contributed by atoms with van der Waals surface area (Å²) < 4.78 is 0. The number of halogens is 1. The van der Waals surface area contributed by atoms with E-state index in [4.69, 9.17) is 17.5 Å². The number of hydrogen-bond acceptors (Lipinski definition) is 3. The summed E-state index contributed by atoms with van der Waals surface area (Å²) in [7, 11) is 0. The van der Waals surface area contributed by atoms with Crippen LogP contribution in [-0.4, -0.2) is 18.3 Å². The van der Waals surface area contributed by atoms with Gasteiger partial charge in [0.05, 0.1) is 13.2 Å². The zero-order valence-electron chi connectivity index (χ0n) is 8.03. The Morgan fingerprint density at radius 3 is 2.64 bits per heavy atom. The van der Waals surface area contributed by atoms with Gasteiger partial charge >= 0.3 is 0 Å². The molecule has 0 radical (unpaired) electrons. The lowest BCUT2D eigenvalue weighted by molar-refractivity contribution is 0.0595. The highest BCUT2D eigenvalue weighted by Gasteiger charge is 2.28. The molecule has 0 bridgehead atoms. The Kier molecular flexibility index (Phi) is 3.89. The molecular weight excluding hydrogens is 202 g/mol. The molecule has 1 atom stereocenters. The largest absolute Gasteiger partial charge is 0.395 e. The molecule has 4 heteroatoms. The summed E-state index contributed by atoms with van der Waals surface area (Å²) in [6, 6.07) is 7.34. The molecule has 0 heterocycles. The van der Waals surface area contributed by atoms with E-state index in [2.05, 4.69) is 4.84 Å². The third-order valence-corrected chi connectivity index (χ3v) is 2.60. The van der Waals surface area contributed by atoms with E-state index >= 15 is 0 Å². The van der Waals surface area contributed by atoms with E-state index in [0.29, 0.717) is 5.02 Å². The van der Waals surface area contributed by atoms with E-state index < -0.39 is 5.41 Å². The Hall–Kier alpha value is -0.610. The van der Waals surface area contributed by atoms with Crippen molar-refractivity contribution in [1.29, 1.82) is 0 Å². The van der Waals surface area contributed by atoms with Gasteiger partial charge < -0.3 is 9.94 Å². The first-order valence-electron chi connectivity index (χ1n) is 4.31. The van der Waals surface area contributed by atoms with Gasteiger partial charge in [-0.2, -0.15) is 0 Å². The van der Waals surface area contributed by atoms with Crippen LogP contribution < -0.4 is 5.90 Å². The van der Waals surface area contributed by atoms with Crippen LogP contribution in [0.5, 0.6) is 0 Å². The molecule has 1 rings (SSSR count). The van der Waals surface area contributed by atoms with Crippen LogP contribution in [0.4, 0.5) is 0 Å². The van der Waals surface area contributed by atoms with E-state index in [1.54, 1.807) is 6.07 Å². The molecule has 1 unspecified atom stereocenters. The highest BCUT2D eigenvalue weighted by molar-refractivity contribution is 6.31. The first kappa shape index (κ1) is 11.5. The number of nitrogens with two attached hydrogens (primary N) is 1. The molecule has 0 saturated carbocycles. The topological polar surface area (TPSA) is 55.5 Å². The maximum Gasteiger partial charge on any atom is 0.0795 e. The van der Waals surface area contributed by atoms with Gasteiger partial charge in [-0.3, -0.25) is 0 Å². The van der Waals surface area contributed by atoms with Crippen molar-refractivity contribution >= 4 is 11.6 Å². The minimum absolute atomic E-state index is 0.0616. The quantitative estimate of drug-likeness (QED) is 0.749. The Balaban J connectivity index is 3.05. The highest BCUT2D eigenvalue weighted by Crippen LogP contribution is 2.29. The molecule has 3 nitrogen and oxygen atoms in total. The second-order valence-electron chi connectivity index (χ2n) is 3.51. The molecule has 0 aliphatic rings. The molecule has 1 aromatic rings. The van der Waals surface area contributed by atoms with Gasteiger partial charge in [0, 0.05) is 10.4 Å². The minimum Gasteiger partial charge on any atom is -0.395 e. The van der Waals surface area contributed by atoms with Crippen LogP contribution in [0.1, 0.15) is 12.5 Å². The first-order valence-corrected chi connectivity index (χ1v) is 4.69. The summed E-state index contributed by atoms with van der Waals surface area (Å²) >= 11 is 6.02. The molecule has 78 valence electrons. The molecule has 3 N–H and O–H groups in total. The van der Waals surface area contributed by atoms with Crippen molar-refractivity contribution in [3.8, 4) is 0 Å². The number of aliphatic hydroxyl groups is 1. The molecule has 0 fully saturated rings. The molecule has 0 amide bonds. The Bertz CT molecular complexity index is 306. The SMILES string of the molecule is CC(CO)(CON)c1ccccc1Cl. The van der Waals surface area contributed by atoms with Crippen LogP contribution in [0.25, 0.3) is 0 Å². The van der Waals surface area contributed by atoms with E-state index in [-0.39, 0.29) is 13.2 Å². The van der Waals surface area contributed by atoms with Crippen LogP contribution in [0.2, 0.25) is 5.02 Å². The summed E-state index contributed by atoms with van der Waals surface area (Å²) in [6.45, 7) is 2.02. The second kappa shape index (κ2) is 4.75. The lowest BCUT2D eigenvalue weighted by atomic mass is 9.84. The molecule has 0 aliphatic heterocycles. The molecule has 1 aromatic carbocycles. The highest BCUT2D eigenvalue weighted by atomic mass is 35.5. The zero-order chi connectivity index (χ0) is 10.6. The van der Waals surface area contributed by atoms with Crippen molar-refractivity contribution in [1.82, 2.24) is 0 Å². The van der Waals surface area contributed by atoms with E-state index in [9.17, 15) is 5.11 Å². The third kappa shape index (κ3) is 2.25. The summed E-state index contributed by atoms with van der Waals surface area (Å²) in [4.78, 5) is 4.59. The summed E-state index contributed by atoms with van der Waals surface area (Å²) in [5.41, 5.74) is 0.294. The van der Waals surface area contributed by atoms with Crippen LogP contribution in [0, 0.1) is 0 Å². The van der Waals surface area contributed by atoms with Crippen molar-refractivity contribution in [2.75, 3.05) is 13.2 Å². The fraction of sp³-hybridized carbons (Fsp3) is 0.400. The zero-order valence-corrected chi connectivity index (χ0v) is 8.79. The fourth-order valence-corrected chi connectivity index (χ4v) is 1.71. The Morgan fingerprint density at radius 2 is 2.14 bits per heavy atom. The summed E-state index contributed by atoms with van der Waals surface area (Å²) in [5, 5.41) is 9.91.